The molecule has 0 saturated heterocycles. The fourth-order valence-corrected chi connectivity index (χ4v) is 1.24. The van der Waals surface area contributed by atoms with E-state index in [1.54, 1.807) is 24.3 Å². The fraction of sp³-hybridized carbons (Fsp3) is 0.200. The van der Waals surface area contributed by atoms with Crippen molar-refractivity contribution in [2.45, 2.75) is 6.43 Å². The number of halogens is 3. The summed E-state index contributed by atoms with van der Waals surface area (Å²) in [5.74, 6) is 0.574. The Morgan fingerprint density at radius 1 is 1.43 bits per heavy atom. The van der Waals surface area contributed by atoms with Crippen molar-refractivity contribution in [3.8, 4) is 5.75 Å². The third-order valence-electron chi connectivity index (χ3n) is 1.64. The highest BCUT2D eigenvalue weighted by atomic mass is 79.9. The van der Waals surface area contributed by atoms with Crippen LogP contribution in [-0.2, 0) is 0 Å². The molecule has 0 aliphatic heterocycles. The number of ether oxygens (including phenoxy) is 1. The normalized spacial score (nSPS) is 11.9. The van der Waals surface area contributed by atoms with Crippen molar-refractivity contribution in [3.05, 3.63) is 34.3 Å². The molecular weight excluding hydrogens is 254 g/mol. The highest BCUT2D eigenvalue weighted by molar-refractivity contribution is 9.11. The second-order valence-electron chi connectivity index (χ2n) is 2.57. The Morgan fingerprint density at radius 2 is 2.07 bits per heavy atom. The lowest BCUT2D eigenvalue weighted by Gasteiger charge is -2.04. The van der Waals surface area contributed by atoms with Crippen LogP contribution in [-0.4, -0.2) is 13.5 Å². The van der Waals surface area contributed by atoms with Crippen molar-refractivity contribution < 1.29 is 13.5 Å². The standard InChI is InChI=1S/C10H9BrF2O/c1-14-9-5-3-2-4-7(9)6-8(11)10(12)13/h2-6,10H,1H3. The summed E-state index contributed by atoms with van der Waals surface area (Å²) < 4.78 is 29.3. The molecule has 0 atom stereocenters. The van der Waals surface area contributed by atoms with Crippen LogP contribution in [0.4, 0.5) is 8.78 Å². The van der Waals surface area contributed by atoms with E-state index in [0.717, 1.165) is 0 Å². The molecule has 0 aromatic heterocycles. The highest BCUT2D eigenvalue weighted by Gasteiger charge is 2.08. The number of alkyl halides is 2. The van der Waals surface area contributed by atoms with E-state index >= 15 is 0 Å². The first-order valence-electron chi connectivity index (χ1n) is 3.93. The van der Waals surface area contributed by atoms with Gasteiger partial charge in [0.25, 0.3) is 6.43 Å². The molecule has 0 aliphatic rings. The molecule has 0 saturated carbocycles. The summed E-state index contributed by atoms with van der Waals surface area (Å²) in [5.41, 5.74) is 0.627. The van der Waals surface area contributed by atoms with Crippen LogP contribution in [0, 0.1) is 0 Å². The molecule has 0 heterocycles. The van der Waals surface area contributed by atoms with Crippen LogP contribution in [0.3, 0.4) is 0 Å². The van der Waals surface area contributed by atoms with E-state index in [1.165, 1.54) is 13.2 Å². The van der Waals surface area contributed by atoms with Gasteiger partial charge in [0.1, 0.15) is 5.75 Å². The van der Waals surface area contributed by atoms with E-state index in [4.69, 9.17) is 4.74 Å². The maximum Gasteiger partial charge on any atom is 0.270 e. The van der Waals surface area contributed by atoms with E-state index < -0.39 is 6.43 Å². The Morgan fingerprint density at radius 3 is 2.64 bits per heavy atom. The first-order valence-corrected chi connectivity index (χ1v) is 4.72. The summed E-state index contributed by atoms with van der Waals surface area (Å²) in [4.78, 5) is 0. The monoisotopic (exact) mass is 262 g/mol. The second kappa shape index (κ2) is 5.10. The van der Waals surface area contributed by atoms with E-state index in [1.807, 2.05) is 0 Å². The molecule has 14 heavy (non-hydrogen) atoms. The van der Waals surface area contributed by atoms with Crippen LogP contribution in [0.25, 0.3) is 6.08 Å². The summed E-state index contributed by atoms with van der Waals surface area (Å²) in [6.07, 6.45) is -1.15. The number of allylic oxidation sites excluding steroid dienone is 1. The number of hydrogen-bond donors (Lipinski definition) is 0. The van der Waals surface area contributed by atoms with Crippen molar-refractivity contribution in [1.82, 2.24) is 0 Å². The van der Waals surface area contributed by atoms with Gasteiger partial charge >= 0.3 is 0 Å². The molecule has 0 aliphatic carbocycles. The molecule has 1 nitrogen and oxygen atoms in total. The number of rotatable bonds is 3. The molecule has 4 heteroatoms. The Balaban J connectivity index is 3.01. The lowest BCUT2D eigenvalue weighted by molar-refractivity contribution is 0.202. The van der Waals surface area contributed by atoms with Crippen molar-refractivity contribution in [2.75, 3.05) is 7.11 Å². The van der Waals surface area contributed by atoms with Crippen LogP contribution < -0.4 is 4.74 Å². The van der Waals surface area contributed by atoms with Crippen LogP contribution in [0.2, 0.25) is 0 Å². The van der Waals surface area contributed by atoms with Gasteiger partial charge in [-0.3, -0.25) is 0 Å². The molecular formula is C10H9BrF2O. The van der Waals surface area contributed by atoms with Gasteiger partial charge in [-0.15, -0.1) is 0 Å². The Bertz CT molecular complexity index is 337. The first-order chi connectivity index (χ1) is 6.65. The summed E-state index contributed by atoms with van der Waals surface area (Å²) in [7, 11) is 1.50. The topological polar surface area (TPSA) is 9.23 Å². The van der Waals surface area contributed by atoms with Gasteiger partial charge in [0.15, 0.2) is 0 Å². The lowest BCUT2D eigenvalue weighted by Crippen LogP contribution is -1.90. The predicted molar refractivity (Wildman–Crippen MR) is 55.9 cm³/mol. The minimum Gasteiger partial charge on any atom is -0.496 e. The van der Waals surface area contributed by atoms with Gasteiger partial charge < -0.3 is 4.74 Å². The zero-order valence-corrected chi connectivity index (χ0v) is 9.09. The summed E-state index contributed by atoms with van der Waals surface area (Å²) in [5, 5.41) is 0. The molecule has 1 aromatic rings. The third kappa shape index (κ3) is 2.80. The summed E-state index contributed by atoms with van der Waals surface area (Å²) >= 11 is 2.80. The quantitative estimate of drug-likeness (QED) is 0.808. The maximum absolute atomic E-state index is 12.2. The largest absolute Gasteiger partial charge is 0.496 e. The molecule has 1 rings (SSSR count). The van der Waals surface area contributed by atoms with Gasteiger partial charge in [0.2, 0.25) is 0 Å². The van der Waals surface area contributed by atoms with Crippen LogP contribution in [0.5, 0.6) is 5.75 Å². The van der Waals surface area contributed by atoms with E-state index in [0.29, 0.717) is 11.3 Å². The van der Waals surface area contributed by atoms with Crippen molar-refractivity contribution in [3.63, 3.8) is 0 Å². The van der Waals surface area contributed by atoms with Crippen molar-refractivity contribution in [1.29, 1.82) is 0 Å². The number of para-hydroxylation sites is 1. The van der Waals surface area contributed by atoms with Gasteiger partial charge in [0, 0.05) is 5.56 Å². The zero-order valence-electron chi connectivity index (χ0n) is 7.51. The van der Waals surface area contributed by atoms with E-state index in [2.05, 4.69) is 15.9 Å². The molecule has 0 amide bonds. The molecule has 1 aromatic carbocycles. The van der Waals surface area contributed by atoms with Gasteiger partial charge in [-0.2, -0.15) is 0 Å². The van der Waals surface area contributed by atoms with E-state index in [9.17, 15) is 8.78 Å². The van der Waals surface area contributed by atoms with E-state index in [-0.39, 0.29) is 4.48 Å². The Kier molecular flexibility index (Phi) is 4.07. The minimum atomic E-state index is -2.50. The second-order valence-corrected chi connectivity index (χ2v) is 3.49. The number of methoxy groups -OCH3 is 1. The average molecular weight is 263 g/mol. The number of benzene rings is 1. The van der Waals surface area contributed by atoms with Gasteiger partial charge in [-0.1, -0.05) is 18.2 Å². The molecule has 76 valence electrons. The van der Waals surface area contributed by atoms with Gasteiger partial charge in [0.05, 0.1) is 11.6 Å². The molecule has 0 spiro atoms. The molecule has 0 fully saturated rings. The smallest absolute Gasteiger partial charge is 0.270 e. The van der Waals surface area contributed by atoms with Crippen LogP contribution >= 0.6 is 15.9 Å². The Labute approximate surface area is 89.5 Å². The average Bonchev–Trinajstić information content (AvgIpc) is 2.18. The minimum absolute atomic E-state index is 0.151. The highest BCUT2D eigenvalue weighted by Crippen LogP contribution is 2.25. The maximum atomic E-state index is 12.2. The van der Waals surface area contributed by atoms with Crippen LogP contribution in [0.1, 0.15) is 5.56 Å². The molecule has 0 unspecified atom stereocenters. The van der Waals surface area contributed by atoms with Crippen LogP contribution in [0.15, 0.2) is 28.7 Å². The lowest BCUT2D eigenvalue weighted by atomic mass is 10.2. The Hall–Kier alpha value is -0.900. The molecule has 0 radical (unpaired) electrons. The molecule has 0 N–H and O–H groups in total. The van der Waals surface area contributed by atoms with Crippen molar-refractivity contribution in [2.24, 2.45) is 0 Å². The van der Waals surface area contributed by atoms with Crippen molar-refractivity contribution >= 4 is 22.0 Å². The fourth-order valence-electron chi connectivity index (χ4n) is 0.997. The van der Waals surface area contributed by atoms with Gasteiger partial charge in [-0.05, 0) is 28.1 Å². The predicted octanol–water partition coefficient (Wildman–Crippen LogP) is 3.70. The zero-order chi connectivity index (χ0) is 10.6. The summed E-state index contributed by atoms with van der Waals surface area (Å²) in [6, 6.07) is 6.98. The SMILES string of the molecule is COc1ccccc1C=C(Br)C(F)F. The molecule has 0 bridgehead atoms. The first kappa shape index (κ1) is 11.2. The third-order valence-corrected chi connectivity index (χ3v) is 2.22. The summed E-state index contributed by atoms with van der Waals surface area (Å²) in [6.45, 7) is 0. The van der Waals surface area contributed by atoms with Gasteiger partial charge in [-0.25, -0.2) is 8.78 Å². The number of hydrogen-bond acceptors (Lipinski definition) is 1.